The Bertz CT molecular complexity index is 353. The third-order valence-corrected chi connectivity index (χ3v) is 2.42. The van der Waals surface area contributed by atoms with E-state index in [1.165, 1.54) is 6.07 Å². The summed E-state index contributed by atoms with van der Waals surface area (Å²) in [6, 6.07) is 1.37. The molecule has 0 aliphatic rings. The molecule has 0 aliphatic heterocycles. The monoisotopic (exact) mass is 250 g/mol. The van der Waals surface area contributed by atoms with E-state index in [0.717, 1.165) is 0 Å². The van der Waals surface area contributed by atoms with Gasteiger partial charge in [0.25, 0.3) is 0 Å². The summed E-state index contributed by atoms with van der Waals surface area (Å²) in [5.74, 6) is 0.516. The third-order valence-electron chi connectivity index (χ3n) is 1.70. The molecule has 1 aromatic carbocycles. The number of aromatic hydroxyl groups is 1. The molecule has 0 aliphatic carbocycles. The molecule has 5 heteroatoms. The molecular weight excluding hydrogens is 239 g/mol. The van der Waals surface area contributed by atoms with Crippen LogP contribution in [0.5, 0.6) is 17.2 Å². The number of hydrogen-bond acceptors (Lipinski definition) is 3. The summed E-state index contributed by atoms with van der Waals surface area (Å²) in [5.41, 5.74) is 0. The maximum absolute atomic E-state index is 9.51. The van der Waals surface area contributed by atoms with Crippen LogP contribution < -0.4 is 9.47 Å². The summed E-state index contributed by atoms with van der Waals surface area (Å²) in [6.07, 6.45) is 0. The standard InChI is InChI=1S/C10H12Cl2O3/c1-3-14-7-5-6(13)8(11)10(9(7)12)15-4-2/h5,13H,3-4H2,1-2H3. The van der Waals surface area contributed by atoms with E-state index in [1.54, 1.807) is 6.92 Å². The molecule has 0 bridgehead atoms. The van der Waals surface area contributed by atoms with E-state index in [-0.39, 0.29) is 21.5 Å². The Labute approximate surface area is 98.5 Å². The molecule has 3 nitrogen and oxygen atoms in total. The maximum Gasteiger partial charge on any atom is 0.164 e. The normalized spacial score (nSPS) is 10.1. The predicted octanol–water partition coefficient (Wildman–Crippen LogP) is 3.50. The van der Waals surface area contributed by atoms with E-state index in [2.05, 4.69) is 0 Å². The van der Waals surface area contributed by atoms with Gasteiger partial charge in [-0.3, -0.25) is 0 Å². The predicted molar refractivity (Wildman–Crippen MR) is 60.5 cm³/mol. The fraction of sp³-hybridized carbons (Fsp3) is 0.400. The van der Waals surface area contributed by atoms with Crippen molar-refractivity contribution in [3.63, 3.8) is 0 Å². The quantitative estimate of drug-likeness (QED) is 0.890. The van der Waals surface area contributed by atoms with E-state index in [1.807, 2.05) is 6.92 Å². The summed E-state index contributed by atoms with van der Waals surface area (Å²) in [6.45, 7) is 4.49. The first kappa shape index (κ1) is 12.3. The Morgan fingerprint density at radius 1 is 1.13 bits per heavy atom. The Balaban J connectivity index is 3.22. The highest BCUT2D eigenvalue weighted by Crippen LogP contribution is 2.45. The lowest BCUT2D eigenvalue weighted by Crippen LogP contribution is -1.97. The van der Waals surface area contributed by atoms with Crippen molar-refractivity contribution in [3.8, 4) is 17.2 Å². The van der Waals surface area contributed by atoms with Crippen molar-refractivity contribution in [1.82, 2.24) is 0 Å². The van der Waals surface area contributed by atoms with Crippen molar-refractivity contribution in [2.24, 2.45) is 0 Å². The lowest BCUT2D eigenvalue weighted by molar-refractivity contribution is 0.319. The molecule has 0 unspecified atom stereocenters. The average Bonchev–Trinajstić information content (AvgIpc) is 2.21. The van der Waals surface area contributed by atoms with Crippen LogP contribution in [0.1, 0.15) is 13.8 Å². The molecule has 1 N–H and O–H groups in total. The summed E-state index contributed by atoms with van der Waals surface area (Å²) >= 11 is 11.8. The van der Waals surface area contributed by atoms with Crippen LogP contribution in [0.25, 0.3) is 0 Å². The molecule has 0 atom stereocenters. The number of phenolic OH excluding ortho intramolecular Hbond substituents is 1. The van der Waals surface area contributed by atoms with E-state index in [4.69, 9.17) is 32.7 Å². The maximum atomic E-state index is 9.51. The summed E-state index contributed by atoms with van der Waals surface area (Å²) in [4.78, 5) is 0. The van der Waals surface area contributed by atoms with E-state index in [9.17, 15) is 5.11 Å². The molecule has 0 heterocycles. The van der Waals surface area contributed by atoms with Crippen molar-refractivity contribution >= 4 is 23.2 Å². The molecule has 0 saturated heterocycles. The molecule has 0 aromatic heterocycles. The van der Waals surface area contributed by atoms with Gasteiger partial charge in [-0.15, -0.1) is 0 Å². The summed E-state index contributed by atoms with van der Waals surface area (Å²) < 4.78 is 10.5. The third kappa shape index (κ3) is 2.61. The molecule has 15 heavy (non-hydrogen) atoms. The van der Waals surface area contributed by atoms with Gasteiger partial charge in [0.15, 0.2) is 5.75 Å². The van der Waals surface area contributed by atoms with Crippen LogP contribution in [0.15, 0.2) is 6.07 Å². The summed E-state index contributed by atoms with van der Waals surface area (Å²) in [5, 5.41) is 9.89. The van der Waals surface area contributed by atoms with Crippen LogP contribution in [0.3, 0.4) is 0 Å². The molecule has 84 valence electrons. The minimum Gasteiger partial charge on any atom is -0.506 e. The highest BCUT2D eigenvalue weighted by Gasteiger charge is 2.17. The van der Waals surface area contributed by atoms with Crippen LogP contribution in [0.4, 0.5) is 0 Å². The van der Waals surface area contributed by atoms with Crippen molar-refractivity contribution < 1.29 is 14.6 Å². The van der Waals surface area contributed by atoms with Crippen molar-refractivity contribution in [2.75, 3.05) is 13.2 Å². The molecule has 0 fully saturated rings. The van der Waals surface area contributed by atoms with Gasteiger partial charge in [-0.25, -0.2) is 0 Å². The second-order valence-electron chi connectivity index (χ2n) is 2.72. The molecule has 0 amide bonds. The number of halogens is 2. The van der Waals surface area contributed by atoms with Gasteiger partial charge >= 0.3 is 0 Å². The van der Waals surface area contributed by atoms with E-state index in [0.29, 0.717) is 19.0 Å². The largest absolute Gasteiger partial charge is 0.506 e. The van der Waals surface area contributed by atoms with Crippen molar-refractivity contribution in [2.45, 2.75) is 13.8 Å². The van der Waals surface area contributed by atoms with Crippen LogP contribution >= 0.6 is 23.2 Å². The van der Waals surface area contributed by atoms with Crippen LogP contribution in [0, 0.1) is 0 Å². The van der Waals surface area contributed by atoms with E-state index >= 15 is 0 Å². The molecule has 1 aromatic rings. The lowest BCUT2D eigenvalue weighted by Gasteiger charge is -2.13. The first-order chi connectivity index (χ1) is 7.11. The van der Waals surface area contributed by atoms with Gasteiger partial charge in [-0.2, -0.15) is 0 Å². The topological polar surface area (TPSA) is 38.7 Å². The Hall–Kier alpha value is -0.800. The lowest BCUT2D eigenvalue weighted by atomic mass is 10.3. The van der Waals surface area contributed by atoms with Gasteiger partial charge in [0.05, 0.1) is 13.2 Å². The Kier molecular flexibility index (Phi) is 4.36. The number of hydrogen-bond donors (Lipinski definition) is 1. The molecule has 0 radical (unpaired) electrons. The summed E-state index contributed by atoms with van der Waals surface area (Å²) in [7, 11) is 0. The van der Waals surface area contributed by atoms with Gasteiger partial charge < -0.3 is 14.6 Å². The number of phenols is 1. The number of ether oxygens (including phenoxy) is 2. The SMILES string of the molecule is CCOc1cc(O)c(Cl)c(OCC)c1Cl. The van der Waals surface area contributed by atoms with Gasteiger partial charge in [-0.1, -0.05) is 23.2 Å². The van der Waals surface area contributed by atoms with Gasteiger partial charge in [-0.05, 0) is 13.8 Å². The Morgan fingerprint density at radius 2 is 1.73 bits per heavy atom. The molecule has 0 spiro atoms. The number of benzene rings is 1. The second-order valence-corrected chi connectivity index (χ2v) is 3.47. The van der Waals surface area contributed by atoms with Gasteiger partial charge in [0.1, 0.15) is 21.5 Å². The fourth-order valence-corrected chi connectivity index (χ4v) is 1.62. The highest BCUT2D eigenvalue weighted by atomic mass is 35.5. The zero-order valence-corrected chi connectivity index (χ0v) is 10.0. The van der Waals surface area contributed by atoms with Gasteiger partial charge in [0, 0.05) is 6.07 Å². The fourth-order valence-electron chi connectivity index (χ4n) is 1.11. The minimum atomic E-state index is -0.104. The van der Waals surface area contributed by atoms with Crippen LogP contribution in [0.2, 0.25) is 10.0 Å². The van der Waals surface area contributed by atoms with Gasteiger partial charge in [0.2, 0.25) is 0 Å². The smallest absolute Gasteiger partial charge is 0.164 e. The molecule has 0 saturated carbocycles. The average molecular weight is 251 g/mol. The zero-order valence-electron chi connectivity index (χ0n) is 8.51. The van der Waals surface area contributed by atoms with Crippen molar-refractivity contribution in [1.29, 1.82) is 0 Å². The highest BCUT2D eigenvalue weighted by molar-refractivity contribution is 6.39. The molecular formula is C10H12Cl2O3. The first-order valence-corrected chi connectivity index (χ1v) is 5.33. The first-order valence-electron chi connectivity index (χ1n) is 4.58. The van der Waals surface area contributed by atoms with Crippen LogP contribution in [-0.2, 0) is 0 Å². The Morgan fingerprint density at radius 3 is 2.27 bits per heavy atom. The van der Waals surface area contributed by atoms with E-state index < -0.39 is 0 Å². The van der Waals surface area contributed by atoms with Crippen LogP contribution in [-0.4, -0.2) is 18.3 Å². The van der Waals surface area contributed by atoms with Crippen molar-refractivity contribution in [3.05, 3.63) is 16.1 Å². The molecule has 1 rings (SSSR count). The second kappa shape index (κ2) is 5.33. The number of rotatable bonds is 4. The minimum absolute atomic E-state index is 0.102. The zero-order chi connectivity index (χ0) is 11.4.